The van der Waals surface area contributed by atoms with Crippen LogP contribution in [-0.4, -0.2) is 15.0 Å². The number of hydrogen-bond acceptors (Lipinski definition) is 4. The number of benzene rings is 1. The third-order valence-corrected chi connectivity index (χ3v) is 2.48. The van der Waals surface area contributed by atoms with Crippen LogP contribution in [0.25, 0.3) is 22.4 Å². The molecule has 3 aromatic rings. The molecule has 0 atom stereocenters. The summed E-state index contributed by atoms with van der Waals surface area (Å²) in [6.45, 7) is 1.80. The Kier molecular flexibility index (Phi) is 2.04. The molecular weight excluding hydrogens is 218 g/mol. The van der Waals surface area contributed by atoms with Crippen molar-refractivity contribution >= 4 is 11.1 Å². The molecule has 0 amide bonds. The maximum atomic E-state index is 11.1. The molecule has 1 aromatic carbocycles. The van der Waals surface area contributed by atoms with Crippen molar-refractivity contribution < 1.29 is 4.42 Å². The van der Waals surface area contributed by atoms with Gasteiger partial charge in [0.1, 0.15) is 5.52 Å². The normalized spacial score (nSPS) is 10.9. The minimum atomic E-state index is -0.362. The van der Waals surface area contributed by atoms with E-state index in [4.69, 9.17) is 4.42 Å². The van der Waals surface area contributed by atoms with Gasteiger partial charge in [-0.25, -0.2) is 14.8 Å². The van der Waals surface area contributed by atoms with Crippen LogP contribution in [0.3, 0.4) is 0 Å². The molecule has 0 aliphatic carbocycles. The molecular formula is C12H9N3O2. The van der Waals surface area contributed by atoms with Crippen LogP contribution in [0, 0.1) is 6.92 Å². The van der Waals surface area contributed by atoms with Gasteiger partial charge in [0.25, 0.3) is 0 Å². The number of fused-ring (bicyclic) bond motifs is 1. The SMILES string of the molecule is Cc1nc2cc(-c3ccnc(=O)[nH]3)ccc2o1. The van der Waals surface area contributed by atoms with Gasteiger partial charge in [-0.15, -0.1) is 0 Å². The van der Waals surface area contributed by atoms with Crippen LogP contribution in [-0.2, 0) is 0 Å². The van der Waals surface area contributed by atoms with E-state index < -0.39 is 0 Å². The van der Waals surface area contributed by atoms with Crippen molar-refractivity contribution in [1.29, 1.82) is 0 Å². The fraction of sp³-hybridized carbons (Fsp3) is 0.0833. The number of H-pyrrole nitrogens is 1. The lowest BCUT2D eigenvalue weighted by molar-refractivity contribution is 0.561. The largest absolute Gasteiger partial charge is 0.441 e. The minimum absolute atomic E-state index is 0.362. The second-order valence-corrected chi connectivity index (χ2v) is 3.70. The summed E-state index contributed by atoms with van der Waals surface area (Å²) in [6, 6.07) is 7.33. The van der Waals surface area contributed by atoms with Gasteiger partial charge in [-0.05, 0) is 24.3 Å². The highest BCUT2D eigenvalue weighted by Gasteiger charge is 2.05. The van der Waals surface area contributed by atoms with E-state index in [0.29, 0.717) is 11.6 Å². The van der Waals surface area contributed by atoms with Gasteiger partial charge in [0.15, 0.2) is 11.5 Å². The number of rotatable bonds is 1. The number of nitrogens with one attached hydrogen (secondary N) is 1. The average Bonchev–Trinajstić information content (AvgIpc) is 2.68. The Morgan fingerprint density at radius 3 is 3.00 bits per heavy atom. The smallest absolute Gasteiger partial charge is 0.345 e. The fourth-order valence-electron chi connectivity index (χ4n) is 1.75. The fourth-order valence-corrected chi connectivity index (χ4v) is 1.75. The number of aromatic nitrogens is 3. The van der Waals surface area contributed by atoms with Crippen molar-refractivity contribution in [2.75, 3.05) is 0 Å². The number of aromatic amines is 1. The summed E-state index contributed by atoms with van der Waals surface area (Å²) >= 11 is 0. The highest BCUT2D eigenvalue weighted by molar-refractivity contribution is 5.79. The summed E-state index contributed by atoms with van der Waals surface area (Å²) in [5, 5.41) is 0. The molecule has 2 heterocycles. The molecule has 0 bridgehead atoms. The van der Waals surface area contributed by atoms with E-state index in [1.807, 2.05) is 18.2 Å². The highest BCUT2D eigenvalue weighted by Crippen LogP contribution is 2.22. The maximum absolute atomic E-state index is 11.1. The van der Waals surface area contributed by atoms with Gasteiger partial charge in [-0.3, -0.25) is 0 Å². The summed E-state index contributed by atoms with van der Waals surface area (Å²) in [4.78, 5) is 21.6. The standard InChI is InChI=1S/C12H9N3O2/c1-7-14-10-6-8(2-3-11(10)17-7)9-4-5-13-12(16)15-9/h2-6H,1H3,(H,13,15,16). The van der Waals surface area contributed by atoms with Gasteiger partial charge < -0.3 is 9.40 Å². The molecule has 0 radical (unpaired) electrons. The maximum Gasteiger partial charge on any atom is 0.345 e. The summed E-state index contributed by atoms with van der Waals surface area (Å²) < 4.78 is 5.39. The second kappa shape index (κ2) is 3.55. The second-order valence-electron chi connectivity index (χ2n) is 3.70. The van der Waals surface area contributed by atoms with Crippen molar-refractivity contribution in [1.82, 2.24) is 15.0 Å². The van der Waals surface area contributed by atoms with Gasteiger partial charge in [0, 0.05) is 18.7 Å². The Hall–Kier alpha value is -2.43. The Morgan fingerprint density at radius 1 is 1.29 bits per heavy atom. The van der Waals surface area contributed by atoms with E-state index in [9.17, 15) is 4.79 Å². The number of nitrogens with zero attached hydrogens (tertiary/aromatic N) is 2. The molecule has 0 saturated heterocycles. The number of aryl methyl sites for hydroxylation is 1. The molecule has 5 heteroatoms. The van der Waals surface area contributed by atoms with Gasteiger partial charge in [-0.2, -0.15) is 0 Å². The zero-order valence-electron chi connectivity index (χ0n) is 9.10. The average molecular weight is 227 g/mol. The van der Waals surface area contributed by atoms with Crippen molar-refractivity contribution in [3.63, 3.8) is 0 Å². The first-order chi connectivity index (χ1) is 8.22. The van der Waals surface area contributed by atoms with Crippen molar-refractivity contribution in [3.8, 4) is 11.3 Å². The Bertz CT molecular complexity index is 743. The van der Waals surface area contributed by atoms with Crippen LogP contribution < -0.4 is 5.69 Å². The lowest BCUT2D eigenvalue weighted by Crippen LogP contribution is -2.09. The molecule has 0 fully saturated rings. The van der Waals surface area contributed by atoms with Crippen LogP contribution in [0.4, 0.5) is 0 Å². The molecule has 0 aliphatic rings. The highest BCUT2D eigenvalue weighted by atomic mass is 16.3. The molecule has 1 N–H and O–H groups in total. The van der Waals surface area contributed by atoms with Crippen molar-refractivity contribution in [2.45, 2.75) is 6.92 Å². The van der Waals surface area contributed by atoms with Crippen LogP contribution in [0.2, 0.25) is 0 Å². The first-order valence-electron chi connectivity index (χ1n) is 5.15. The monoisotopic (exact) mass is 227 g/mol. The topological polar surface area (TPSA) is 71.8 Å². The van der Waals surface area contributed by atoms with E-state index in [0.717, 1.165) is 16.7 Å². The predicted molar refractivity (Wildman–Crippen MR) is 62.6 cm³/mol. The first kappa shape index (κ1) is 9.77. The van der Waals surface area contributed by atoms with Crippen LogP contribution in [0.1, 0.15) is 5.89 Å². The zero-order valence-corrected chi connectivity index (χ0v) is 9.10. The van der Waals surface area contributed by atoms with E-state index in [1.54, 1.807) is 13.0 Å². The number of hydrogen-bond donors (Lipinski definition) is 1. The number of oxazole rings is 1. The molecule has 5 nitrogen and oxygen atoms in total. The minimum Gasteiger partial charge on any atom is -0.441 e. The Morgan fingerprint density at radius 2 is 2.18 bits per heavy atom. The summed E-state index contributed by atoms with van der Waals surface area (Å²) in [5.74, 6) is 0.625. The molecule has 0 saturated carbocycles. The van der Waals surface area contributed by atoms with E-state index >= 15 is 0 Å². The van der Waals surface area contributed by atoms with Crippen molar-refractivity contribution in [3.05, 3.63) is 46.8 Å². The van der Waals surface area contributed by atoms with Gasteiger partial charge in [0.2, 0.25) is 0 Å². The predicted octanol–water partition coefficient (Wildman–Crippen LogP) is 1.89. The Balaban J connectivity index is 2.20. The lowest BCUT2D eigenvalue weighted by Gasteiger charge is -1.99. The molecule has 17 heavy (non-hydrogen) atoms. The van der Waals surface area contributed by atoms with Crippen LogP contribution >= 0.6 is 0 Å². The molecule has 3 rings (SSSR count). The van der Waals surface area contributed by atoms with Gasteiger partial charge >= 0.3 is 5.69 Å². The van der Waals surface area contributed by atoms with Gasteiger partial charge in [-0.1, -0.05) is 0 Å². The van der Waals surface area contributed by atoms with Crippen molar-refractivity contribution in [2.24, 2.45) is 0 Å². The molecule has 0 unspecified atom stereocenters. The molecule has 0 spiro atoms. The molecule has 84 valence electrons. The third kappa shape index (κ3) is 1.71. The van der Waals surface area contributed by atoms with Crippen LogP contribution in [0.5, 0.6) is 0 Å². The van der Waals surface area contributed by atoms with Crippen LogP contribution in [0.15, 0.2) is 39.7 Å². The first-order valence-corrected chi connectivity index (χ1v) is 5.15. The quantitative estimate of drug-likeness (QED) is 0.689. The lowest BCUT2D eigenvalue weighted by atomic mass is 10.1. The van der Waals surface area contributed by atoms with E-state index in [2.05, 4.69) is 15.0 Å². The zero-order chi connectivity index (χ0) is 11.8. The van der Waals surface area contributed by atoms with E-state index in [1.165, 1.54) is 6.20 Å². The summed E-state index contributed by atoms with van der Waals surface area (Å²) in [5.41, 5.74) is 2.75. The van der Waals surface area contributed by atoms with Gasteiger partial charge in [0.05, 0.1) is 5.69 Å². The summed E-state index contributed by atoms with van der Waals surface area (Å²) in [6.07, 6.45) is 1.48. The molecule has 2 aromatic heterocycles. The molecule has 0 aliphatic heterocycles. The Labute approximate surface area is 96.1 Å². The summed E-state index contributed by atoms with van der Waals surface area (Å²) in [7, 11) is 0. The third-order valence-electron chi connectivity index (χ3n) is 2.48. The van der Waals surface area contributed by atoms with E-state index in [-0.39, 0.29) is 5.69 Å².